The summed E-state index contributed by atoms with van der Waals surface area (Å²) in [5, 5.41) is 7.79. The molecule has 1 saturated heterocycles. The SMILES string of the molecule is Cc1nn(-c2ccccc2)c(C)c1CN(C)CC(=O)Nc1cccc(CN2CCSCC2)c1. The fourth-order valence-corrected chi connectivity index (χ4v) is 5.24. The first-order chi connectivity index (χ1) is 16.0. The molecule has 0 unspecified atom stereocenters. The molecule has 4 rings (SSSR count). The molecule has 1 aromatic heterocycles. The molecule has 0 spiro atoms. The van der Waals surface area contributed by atoms with E-state index in [0.29, 0.717) is 13.1 Å². The van der Waals surface area contributed by atoms with Gasteiger partial charge < -0.3 is 5.32 Å². The van der Waals surface area contributed by atoms with Gasteiger partial charge in [-0.2, -0.15) is 16.9 Å². The number of thioether (sulfide) groups is 1. The number of anilines is 1. The van der Waals surface area contributed by atoms with Crippen molar-refractivity contribution in [3.8, 4) is 5.69 Å². The van der Waals surface area contributed by atoms with E-state index in [9.17, 15) is 4.79 Å². The summed E-state index contributed by atoms with van der Waals surface area (Å²) in [6.07, 6.45) is 0. The molecule has 0 saturated carbocycles. The first-order valence-electron chi connectivity index (χ1n) is 11.5. The van der Waals surface area contributed by atoms with Gasteiger partial charge in [-0.3, -0.25) is 14.6 Å². The van der Waals surface area contributed by atoms with E-state index in [1.54, 1.807) is 0 Å². The fraction of sp³-hybridized carbons (Fsp3) is 0.385. The van der Waals surface area contributed by atoms with E-state index >= 15 is 0 Å². The summed E-state index contributed by atoms with van der Waals surface area (Å²) in [6.45, 7) is 8.31. The lowest BCUT2D eigenvalue weighted by Crippen LogP contribution is -2.32. The molecule has 7 heteroatoms. The van der Waals surface area contributed by atoms with Crippen molar-refractivity contribution in [1.82, 2.24) is 19.6 Å². The Hall–Kier alpha value is -2.61. The van der Waals surface area contributed by atoms with E-state index < -0.39 is 0 Å². The number of aryl methyl sites for hydroxylation is 1. The van der Waals surface area contributed by atoms with Gasteiger partial charge in [-0.25, -0.2) is 4.68 Å². The topological polar surface area (TPSA) is 53.4 Å². The van der Waals surface area contributed by atoms with Crippen LogP contribution < -0.4 is 5.32 Å². The minimum atomic E-state index is -0.00483. The van der Waals surface area contributed by atoms with Crippen LogP contribution in [0.5, 0.6) is 0 Å². The van der Waals surface area contributed by atoms with Gasteiger partial charge in [0, 0.05) is 54.6 Å². The summed E-state index contributed by atoms with van der Waals surface area (Å²) >= 11 is 2.02. The van der Waals surface area contributed by atoms with E-state index in [1.807, 2.05) is 65.6 Å². The van der Waals surface area contributed by atoms with Crippen molar-refractivity contribution < 1.29 is 4.79 Å². The third kappa shape index (κ3) is 6.25. The molecule has 0 aliphatic carbocycles. The Morgan fingerprint density at radius 3 is 2.61 bits per heavy atom. The first-order valence-corrected chi connectivity index (χ1v) is 12.6. The fourth-order valence-electron chi connectivity index (χ4n) is 4.26. The average molecular weight is 464 g/mol. The van der Waals surface area contributed by atoms with Crippen LogP contribution in [0.15, 0.2) is 54.6 Å². The highest BCUT2D eigenvalue weighted by atomic mass is 32.2. The Morgan fingerprint density at radius 2 is 1.85 bits per heavy atom. The summed E-state index contributed by atoms with van der Waals surface area (Å²) < 4.78 is 1.98. The largest absolute Gasteiger partial charge is 0.325 e. The van der Waals surface area contributed by atoms with Crippen LogP contribution in [0.1, 0.15) is 22.5 Å². The lowest BCUT2D eigenvalue weighted by Gasteiger charge is -2.26. The number of hydrogen-bond donors (Lipinski definition) is 1. The molecule has 2 heterocycles. The number of nitrogens with one attached hydrogen (secondary N) is 1. The smallest absolute Gasteiger partial charge is 0.238 e. The quantitative estimate of drug-likeness (QED) is 0.545. The van der Waals surface area contributed by atoms with Crippen molar-refractivity contribution in [3.05, 3.63) is 77.1 Å². The van der Waals surface area contributed by atoms with Gasteiger partial charge in [0.05, 0.1) is 17.9 Å². The van der Waals surface area contributed by atoms with Gasteiger partial charge in [0.2, 0.25) is 5.91 Å². The highest BCUT2D eigenvalue weighted by Crippen LogP contribution is 2.20. The summed E-state index contributed by atoms with van der Waals surface area (Å²) in [6, 6.07) is 18.4. The second-order valence-electron chi connectivity index (χ2n) is 8.71. The van der Waals surface area contributed by atoms with Gasteiger partial charge in [-0.1, -0.05) is 30.3 Å². The van der Waals surface area contributed by atoms with Gasteiger partial charge in [0.15, 0.2) is 0 Å². The van der Waals surface area contributed by atoms with E-state index in [4.69, 9.17) is 5.10 Å². The summed E-state index contributed by atoms with van der Waals surface area (Å²) in [4.78, 5) is 17.2. The Labute approximate surface area is 201 Å². The summed E-state index contributed by atoms with van der Waals surface area (Å²) in [5.41, 5.74) is 6.42. The molecule has 1 aliphatic heterocycles. The summed E-state index contributed by atoms with van der Waals surface area (Å²) in [7, 11) is 1.98. The molecule has 33 heavy (non-hydrogen) atoms. The molecule has 2 aromatic carbocycles. The highest BCUT2D eigenvalue weighted by molar-refractivity contribution is 7.99. The van der Waals surface area contributed by atoms with Gasteiger partial charge in [0.25, 0.3) is 0 Å². The Kier molecular flexibility index (Phi) is 7.85. The lowest BCUT2D eigenvalue weighted by atomic mass is 10.1. The highest BCUT2D eigenvalue weighted by Gasteiger charge is 2.16. The second-order valence-corrected chi connectivity index (χ2v) is 9.93. The zero-order chi connectivity index (χ0) is 23.2. The van der Waals surface area contributed by atoms with Crippen molar-refractivity contribution in [3.63, 3.8) is 0 Å². The van der Waals surface area contributed by atoms with Crippen LogP contribution in [0, 0.1) is 13.8 Å². The van der Waals surface area contributed by atoms with Crippen molar-refractivity contribution in [2.24, 2.45) is 0 Å². The van der Waals surface area contributed by atoms with Gasteiger partial charge >= 0.3 is 0 Å². The normalized spacial score (nSPS) is 14.5. The van der Waals surface area contributed by atoms with Crippen LogP contribution in [0.3, 0.4) is 0 Å². The van der Waals surface area contributed by atoms with Crippen molar-refractivity contribution in [1.29, 1.82) is 0 Å². The molecule has 1 amide bonds. The number of nitrogens with zero attached hydrogens (tertiary/aromatic N) is 4. The van der Waals surface area contributed by atoms with E-state index in [2.05, 4.69) is 41.4 Å². The lowest BCUT2D eigenvalue weighted by molar-refractivity contribution is -0.117. The minimum Gasteiger partial charge on any atom is -0.325 e. The standard InChI is InChI=1S/C26H33N5OS/c1-20-25(21(2)31(28-20)24-10-5-4-6-11-24)18-29(3)19-26(32)27-23-9-7-8-22(16-23)17-30-12-14-33-15-13-30/h4-11,16H,12-15,17-19H2,1-3H3,(H,27,32). The number of para-hydroxylation sites is 1. The first kappa shape index (κ1) is 23.5. The molecule has 0 atom stereocenters. The number of carbonyl (C=O) groups excluding carboxylic acids is 1. The van der Waals surface area contributed by atoms with Gasteiger partial charge in [0.1, 0.15) is 0 Å². The van der Waals surface area contributed by atoms with Crippen LogP contribution in [0.25, 0.3) is 5.69 Å². The molecule has 0 radical (unpaired) electrons. The molecule has 1 N–H and O–H groups in total. The van der Waals surface area contributed by atoms with E-state index in [-0.39, 0.29) is 5.91 Å². The van der Waals surface area contributed by atoms with Crippen molar-refractivity contribution in [2.75, 3.05) is 43.5 Å². The number of carbonyl (C=O) groups is 1. The van der Waals surface area contributed by atoms with Crippen LogP contribution in [0.2, 0.25) is 0 Å². The molecule has 1 aliphatic rings. The van der Waals surface area contributed by atoms with Crippen molar-refractivity contribution >= 4 is 23.4 Å². The maximum absolute atomic E-state index is 12.7. The van der Waals surface area contributed by atoms with Crippen molar-refractivity contribution in [2.45, 2.75) is 26.9 Å². The second kappa shape index (κ2) is 11.0. The maximum Gasteiger partial charge on any atom is 0.238 e. The molecule has 0 bridgehead atoms. The monoisotopic (exact) mass is 463 g/mol. The number of likely N-dealkylation sites (N-methyl/N-ethyl adjacent to an activating group) is 1. The van der Waals surface area contributed by atoms with E-state index in [0.717, 1.165) is 48.0 Å². The predicted molar refractivity (Wildman–Crippen MR) is 137 cm³/mol. The van der Waals surface area contributed by atoms with Crippen LogP contribution >= 0.6 is 11.8 Å². The Balaban J connectivity index is 1.34. The zero-order valence-electron chi connectivity index (χ0n) is 19.8. The number of amides is 1. The third-order valence-corrected chi connectivity index (χ3v) is 6.95. The maximum atomic E-state index is 12.7. The Bertz CT molecular complexity index is 1080. The molecule has 6 nitrogen and oxygen atoms in total. The van der Waals surface area contributed by atoms with E-state index in [1.165, 1.54) is 17.1 Å². The third-order valence-electron chi connectivity index (χ3n) is 6.00. The summed E-state index contributed by atoms with van der Waals surface area (Å²) in [5.74, 6) is 2.40. The Morgan fingerprint density at radius 1 is 1.09 bits per heavy atom. The minimum absolute atomic E-state index is 0.00483. The van der Waals surface area contributed by atoms with Crippen LogP contribution in [-0.2, 0) is 17.9 Å². The van der Waals surface area contributed by atoms with Crippen LogP contribution in [0.4, 0.5) is 5.69 Å². The molecule has 174 valence electrons. The van der Waals surface area contributed by atoms with Gasteiger partial charge in [-0.05, 0) is 50.7 Å². The zero-order valence-corrected chi connectivity index (χ0v) is 20.6. The average Bonchev–Trinajstić information content (AvgIpc) is 3.08. The van der Waals surface area contributed by atoms with Crippen LogP contribution in [-0.4, -0.2) is 63.7 Å². The number of aromatic nitrogens is 2. The number of hydrogen-bond acceptors (Lipinski definition) is 5. The van der Waals surface area contributed by atoms with Gasteiger partial charge in [-0.15, -0.1) is 0 Å². The molecule has 3 aromatic rings. The number of rotatable bonds is 8. The molecular formula is C26H33N5OS. The predicted octanol–water partition coefficient (Wildman–Crippen LogP) is 4.11. The molecule has 1 fully saturated rings. The molecular weight excluding hydrogens is 430 g/mol. The number of benzene rings is 2.